The Labute approximate surface area is 129 Å². The highest BCUT2D eigenvalue weighted by molar-refractivity contribution is 6.46. The first-order valence-corrected chi connectivity index (χ1v) is 7.46. The molecule has 0 heterocycles. The molecule has 0 aromatic carbocycles. The number of rotatable bonds is 10. The summed E-state index contributed by atoms with van der Waals surface area (Å²) < 4.78 is 21.9. The summed E-state index contributed by atoms with van der Waals surface area (Å²) >= 11 is 18.0. The van der Waals surface area contributed by atoms with Crippen molar-refractivity contribution in [2.45, 2.75) is 38.5 Å². The van der Waals surface area contributed by atoms with Gasteiger partial charge in [-0.25, -0.2) is 0 Å². The molecule has 0 saturated heterocycles. The largest absolute Gasteiger partial charge is 0.494 e. The molecular weight excluding hydrogens is 314 g/mol. The summed E-state index contributed by atoms with van der Waals surface area (Å²) in [7, 11) is 0. The molecule has 0 aromatic rings. The predicted molar refractivity (Wildman–Crippen MR) is 77.6 cm³/mol. The lowest BCUT2D eigenvalue weighted by molar-refractivity contribution is -0.349. The van der Waals surface area contributed by atoms with Gasteiger partial charge in [-0.2, -0.15) is 0 Å². The fourth-order valence-corrected chi connectivity index (χ4v) is 2.20. The standard InChI is InChI=1S/C12H21Cl3O4/c1-5-16-9(11(14)15)10(13)12(17-6-2,18-7-3)19-8-4/h11H,5-8H2,1-4H3/b10-9+. The maximum atomic E-state index is 6.29. The Morgan fingerprint density at radius 2 is 1.32 bits per heavy atom. The maximum Gasteiger partial charge on any atom is 0.326 e. The van der Waals surface area contributed by atoms with Crippen LogP contribution in [0.5, 0.6) is 0 Å². The lowest BCUT2D eigenvalue weighted by atomic mass is 10.4. The molecule has 4 nitrogen and oxygen atoms in total. The van der Waals surface area contributed by atoms with Gasteiger partial charge >= 0.3 is 5.97 Å². The zero-order valence-electron chi connectivity index (χ0n) is 11.7. The molecule has 0 rings (SSSR count). The van der Waals surface area contributed by atoms with Crippen molar-refractivity contribution in [2.24, 2.45) is 0 Å². The molecule has 7 heteroatoms. The molecule has 114 valence electrons. The summed E-state index contributed by atoms with van der Waals surface area (Å²) in [4.78, 5) is -0.937. The zero-order chi connectivity index (χ0) is 14.9. The van der Waals surface area contributed by atoms with Gasteiger partial charge < -0.3 is 18.9 Å². The Bertz CT molecular complexity index is 265. The Balaban J connectivity index is 5.55. The van der Waals surface area contributed by atoms with E-state index in [9.17, 15) is 0 Å². The van der Waals surface area contributed by atoms with E-state index in [2.05, 4.69) is 0 Å². The first-order chi connectivity index (χ1) is 8.98. The highest BCUT2D eigenvalue weighted by atomic mass is 35.5. The van der Waals surface area contributed by atoms with E-state index in [-0.39, 0.29) is 10.8 Å². The Morgan fingerprint density at radius 3 is 1.58 bits per heavy atom. The molecule has 0 saturated carbocycles. The summed E-state index contributed by atoms with van der Waals surface area (Å²) in [5.41, 5.74) is 0. The second-order valence-corrected chi connectivity index (χ2v) is 4.74. The number of ether oxygens (including phenoxy) is 4. The van der Waals surface area contributed by atoms with Gasteiger partial charge in [-0.3, -0.25) is 0 Å². The zero-order valence-corrected chi connectivity index (χ0v) is 13.9. The van der Waals surface area contributed by atoms with E-state index >= 15 is 0 Å². The Hall–Kier alpha value is 0.290. The summed E-state index contributed by atoms with van der Waals surface area (Å²) in [6.07, 6.45) is 0. The smallest absolute Gasteiger partial charge is 0.326 e. The van der Waals surface area contributed by atoms with Crippen molar-refractivity contribution in [3.05, 3.63) is 10.8 Å². The van der Waals surface area contributed by atoms with Crippen LogP contribution in [0.3, 0.4) is 0 Å². The molecule has 0 spiro atoms. The molecule has 0 amide bonds. The number of halogens is 3. The van der Waals surface area contributed by atoms with E-state index in [0.29, 0.717) is 26.4 Å². The molecule has 0 fully saturated rings. The van der Waals surface area contributed by atoms with Crippen molar-refractivity contribution < 1.29 is 18.9 Å². The lowest BCUT2D eigenvalue weighted by Gasteiger charge is -2.32. The SMILES string of the molecule is CCO/C(=C(/Cl)C(OCC)(OCC)OCC)C(Cl)Cl. The van der Waals surface area contributed by atoms with Gasteiger partial charge in [-0.05, 0) is 27.7 Å². The molecule has 0 N–H and O–H groups in total. The van der Waals surface area contributed by atoms with Crippen LogP contribution in [0.2, 0.25) is 0 Å². The maximum absolute atomic E-state index is 6.29. The monoisotopic (exact) mass is 334 g/mol. The Morgan fingerprint density at radius 1 is 0.895 bits per heavy atom. The molecule has 0 atom stereocenters. The molecule has 19 heavy (non-hydrogen) atoms. The minimum atomic E-state index is -1.54. The fourth-order valence-electron chi connectivity index (χ4n) is 1.41. The predicted octanol–water partition coefficient (Wildman–Crippen LogP) is 4.04. The van der Waals surface area contributed by atoms with Crippen LogP contribution < -0.4 is 0 Å². The van der Waals surface area contributed by atoms with E-state index in [0.717, 1.165) is 0 Å². The fraction of sp³-hybridized carbons (Fsp3) is 0.833. The number of alkyl halides is 2. The van der Waals surface area contributed by atoms with Gasteiger partial charge in [0.25, 0.3) is 0 Å². The van der Waals surface area contributed by atoms with Crippen LogP contribution >= 0.6 is 34.8 Å². The molecule has 0 aromatic heterocycles. The summed E-state index contributed by atoms with van der Waals surface area (Å²) in [6.45, 7) is 8.58. The van der Waals surface area contributed by atoms with E-state index in [4.69, 9.17) is 53.8 Å². The second kappa shape index (κ2) is 10.1. The first-order valence-electron chi connectivity index (χ1n) is 6.21. The van der Waals surface area contributed by atoms with Gasteiger partial charge in [0, 0.05) is 0 Å². The quantitative estimate of drug-likeness (QED) is 0.343. The molecular formula is C12H21Cl3O4. The number of hydrogen-bond acceptors (Lipinski definition) is 4. The van der Waals surface area contributed by atoms with Crippen LogP contribution in [-0.2, 0) is 18.9 Å². The Kier molecular flexibility index (Phi) is 10.2. The van der Waals surface area contributed by atoms with Crippen LogP contribution in [0.25, 0.3) is 0 Å². The van der Waals surface area contributed by atoms with Crippen LogP contribution in [0.1, 0.15) is 27.7 Å². The third kappa shape index (κ3) is 5.66. The van der Waals surface area contributed by atoms with Gasteiger partial charge in [0.05, 0.1) is 26.4 Å². The van der Waals surface area contributed by atoms with E-state index in [1.54, 1.807) is 27.7 Å². The molecule has 0 aliphatic heterocycles. The normalized spacial score (nSPS) is 13.7. The van der Waals surface area contributed by atoms with Crippen molar-refractivity contribution in [2.75, 3.05) is 26.4 Å². The number of hydrogen-bond donors (Lipinski definition) is 0. The second-order valence-electron chi connectivity index (χ2n) is 3.27. The molecule has 0 unspecified atom stereocenters. The lowest BCUT2D eigenvalue weighted by Crippen LogP contribution is -2.41. The summed E-state index contributed by atoms with van der Waals surface area (Å²) in [5.74, 6) is -1.37. The van der Waals surface area contributed by atoms with E-state index < -0.39 is 10.8 Å². The average molecular weight is 336 g/mol. The highest BCUT2D eigenvalue weighted by Gasteiger charge is 2.41. The summed E-state index contributed by atoms with van der Waals surface area (Å²) in [5, 5.41) is 0.0647. The van der Waals surface area contributed by atoms with Crippen LogP contribution in [0.4, 0.5) is 0 Å². The minimum absolute atomic E-state index is 0.0647. The van der Waals surface area contributed by atoms with Crippen LogP contribution in [0, 0.1) is 0 Å². The van der Waals surface area contributed by atoms with Crippen molar-refractivity contribution in [1.82, 2.24) is 0 Å². The molecule has 0 bridgehead atoms. The van der Waals surface area contributed by atoms with Crippen LogP contribution in [-0.4, -0.2) is 37.2 Å². The van der Waals surface area contributed by atoms with E-state index in [1.807, 2.05) is 0 Å². The van der Waals surface area contributed by atoms with E-state index in [1.165, 1.54) is 0 Å². The van der Waals surface area contributed by atoms with Gasteiger partial charge in [0.2, 0.25) is 0 Å². The molecule has 0 aliphatic carbocycles. The summed E-state index contributed by atoms with van der Waals surface area (Å²) in [6, 6.07) is 0. The van der Waals surface area contributed by atoms with Gasteiger partial charge in [0.15, 0.2) is 10.6 Å². The topological polar surface area (TPSA) is 36.9 Å². The van der Waals surface area contributed by atoms with Crippen molar-refractivity contribution in [3.8, 4) is 0 Å². The van der Waals surface area contributed by atoms with Gasteiger partial charge in [-0.15, -0.1) is 0 Å². The average Bonchev–Trinajstić information content (AvgIpc) is 2.35. The van der Waals surface area contributed by atoms with Crippen molar-refractivity contribution in [3.63, 3.8) is 0 Å². The van der Waals surface area contributed by atoms with Crippen LogP contribution in [0.15, 0.2) is 10.8 Å². The third-order valence-corrected chi connectivity index (χ3v) is 2.80. The number of allylic oxidation sites excluding steroid dienone is 1. The third-order valence-electron chi connectivity index (χ3n) is 1.99. The highest BCUT2D eigenvalue weighted by Crippen LogP contribution is 2.35. The van der Waals surface area contributed by atoms with Crippen molar-refractivity contribution >= 4 is 34.8 Å². The molecule has 0 aliphatic rings. The minimum Gasteiger partial charge on any atom is -0.494 e. The van der Waals surface area contributed by atoms with Gasteiger partial charge in [-0.1, -0.05) is 34.8 Å². The first kappa shape index (κ1) is 19.3. The van der Waals surface area contributed by atoms with Gasteiger partial charge in [0.1, 0.15) is 5.03 Å². The molecule has 0 radical (unpaired) electrons. The van der Waals surface area contributed by atoms with Crippen molar-refractivity contribution in [1.29, 1.82) is 0 Å².